The molecule has 1 amide bonds. The first-order valence-corrected chi connectivity index (χ1v) is 9.91. The normalized spacial score (nSPS) is 12.3. The van der Waals surface area contributed by atoms with Gasteiger partial charge < -0.3 is 14.2 Å². The Kier molecular flexibility index (Phi) is 5.48. The van der Waals surface area contributed by atoms with Gasteiger partial charge in [-0.2, -0.15) is 0 Å². The Morgan fingerprint density at radius 2 is 2.07 bits per heavy atom. The minimum absolute atomic E-state index is 0.237. The minimum atomic E-state index is -0.237. The van der Waals surface area contributed by atoms with Crippen LogP contribution < -0.4 is 19.5 Å². The summed E-state index contributed by atoms with van der Waals surface area (Å²) >= 11 is 1.47. The number of nitrogens with zero attached hydrogens (tertiary/aromatic N) is 1. The van der Waals surface area contributed by atoms with Crippen molar-refractivity contribution < 1.29 is 19.0 Å². The lowest BCUT2D eigenvalue weighted by atomic mass is 10.1. The van der Waals surface area contributed by atoms with Crippen LogP contribution in [0.25, 0.3) is 6.08 Å². The van der Waals surface area contributed by atoms with Crippen LogP contribution in [0.15, 0.2) is 48.5 Å². The fraction of sp³-hybridized carbons (Fsp3) is 0.182. The summed E-state index contributed by atoms with van der Waals surface area (Å²) in [4.78, 5) is 17.9. The fourth-order valence-corrected chi connectivity index (χ4v) is 4.00. The highest BCUT2D eigenvalue weighted by molar-refractivity contribution is 7.15. The third-order valence-corrected chi connectivity index (χ3v) is 5.55. The number of benzene rings is 2. The Morgan fingerprint density at radius 3 is 2.93 bits per heavy atom. The zero-order valence-corrected chi connectivity index (χ0v) is 16.9. The predicted octanol–water partition coefficient (Wildman–Crippen LogP) is 4.43. The number of carbonyl (C=O) groups is 1. The number of carbonyl (C=O) groups excluding carboxylic acids is 1. The Labute approximate surface area is 172 Å². The van der Waals surface area contributed by atoms with E-state index < -0.39 is 0 Å². The fourth-order valence-electron chi connectivity index (χ4n) is 3.00. The first-order chi connectivity index (χ1) is 14.1. The van der Waals surface area contributed by atoms with Crippen molar-refractivity contribution in [2.24, 2.45) is 0 Å². The highest BCUT2D eigenvalue weighted by atomic mass is 32.1. The van der Waals surface area contributed by atoms with Crippen LogP contribution in [0, 0.1) is 6.92 Å². The van der Waals surface area contributed by atoms with Gasteiger partial charge in [0.15, 0.2) is 16.6 Å². The third kappa shape index (κ3) is 4.41. The number of nitrogens with one attached hydrogen (secondary N) is 1. The molecular formula is C22H20N2O4S. The second-order valence-electron chi connectivity index (χ2n) is 6.46. The van der Waals surface area contributed by atoms with E-state index in [1.165, 1.54) is 17.4 Å². The van der Waals surface area contributed by atoms with Crippen molar-refractivity contribution in [2.45, 2.75) is 13.3 Å². The number of hydrogen-bond acceptors (Lipinski definition) is 6. The number of hydrogen-bond donors (Lipinski definition) is 1. The van der Waals surface area contributed by atoms with Crippen LogP contribution in [0.1, 0.15) is 21.7 Å². The van der Waals surface area contributed by atoms with Crippen molar-refractivity contribution in [2.75, 3.05) is 19.2 Å². The summed E-state index contributed by atoms with van der Waals surface area (Å²) in [6.45, 7) is 2.20. The van der Waals surface area contributed by atoms with Gasteiger partial charge in [-0.25, -0.2) is 4.98 Å². The zero-order valence-electron chi connectivity index (χ0n) is 16.1. The molecule has 3 aromatic rings. The number of rotatable bonds is 6. The Hall–Kier alpha value is -3.32. The minimum Gasteiger partial charge on any atom is -0.496 e. The van der Waals surface area contributed by atoms with Crippen molar-refractivity contribution >= 4 is 28.5 Å². The van der Waals surface area contributed by atoms with Crippen LogP contribution in [-0.4, -0.2) is 24.8 Å². The molecule has 0 unspecified atom stereocenters. The number of aryl methyl sites for hydroxylation is 1. The maximum absolute atomic E-state index is 12.3. The molecule has 7 heteroatoms. The van der Waals surface area contributed by atoms with Crippen molar-refractivity contribution in [3.8, 4) is 17.2 Å². The average molecular weight is 408 g/mol. The number of ether oxygens (including phenoxy) is 3. The summed E-state index contributed by atoms with van der Waals surface area (Å²) in [5.74, 6) is 2.01. The first-order valence-electron chi connectivity index (χ1n) is 9.09. The van der Waals surface area contributed by atoms with E-state index in [1.54, 1.807) is 13.2 Å². The Bertz CT molecular complexity index is 1070. The number of fused-ring (bicyclic) bond motifs is 1. The van der Waals surface area contributed by atoms with Gasteiger partial charge in [-0.05, 0) is 36.8 Å². The summed E-state index contributed by atoms with van der Waals surface area (Å²) in [5, 5.41) is 3.41. The largest absolute Gasteiger partial charge is 0.496 e. The molecular weight excluding hydrogens is 388 g/mol. The quantitative estimate of drug-likeness (QED) is 0.611. The monoisotopic (exact) mass is 408 g/mol. The lowest BCUT2D eigenvalue weighted by Gasteiger charge is -2.03. The molecule has 0 spiro atoms. The first kappa shape index (κ1) is 19.0. The van der Waals surface area contributed by atoms with Crippen molar-refractivity contribution in [1.29, 1.82) is 0 Å². The van der Waals surface area contributed by atoms with E-state index in [2.05, 4.69) is 10.3 Å². The van der Waals surface area contributed by atoms with Crippen LogP contribution in [-0.2, 0) is 11.2 Å². The van der Waals surface area contributed by atoms with E-state index in [-0.39, 0.29) is 12.7 Å². The molecule has 0 atom stereocenters. The average Bonchev–Trinajstić information content (AvgIpc) is 3.32. The zero-order chi connectivity index (χ0) is 20.2. The molecule has 0 aliphatic carbocycles. The smallest absolute Gasteiger partial charge is 0.250 e. The number of thiazole rings is 1. The standard InChI is InChI=1S/C22H20N2O4S/c1-14-20(12-15-7-9-18-19(11-15)28-13-27-18)29-22(23-14)24-21(25)10-8-16-5-3-4-6-17(16)26-2/h3-11H,12-13H2,1-2H3,(H,23,24,25). The summed E-state index contributed by atoms with van der Waals surface area (Å²) in [6, 6.07) is 13.4. The molecule has 1 aromatic heterocycles. The maximum Gasteiger partial charge on any atom is 0.250 e. The van der Waals surface area contributed by atoms with Crippen LogP contribution in [0.4, 0.5) is 5.13 Å². The van der Waals surface area contributed by atoms with Gasteiger partial charge in [-0.15, -0.1) is 11.3 Å². The molecule has 1 N–H and O–H groups in total. The van der Waals surface area contributed by atoms with Crippen molar-refractivity contribution in [3.05, 3.63) is 70.2 Å². The lowest BCUT2D eigenvalue weighted by molar-refractivity contribution is -0.111. The van der Waals surface area contributed by atoms with E-state index in [4.69, 9.17) is 14.2 Å². The molecule has 0 saturated heterocycles. The van der Waals surface area contributed by atoms with Gasteiger partial charge in [0.25, 0.3) is 0 Å². The molecule has 2 aromatic carbocycles. The molecule has 0 bridgehead atoms. The molecule has 4 rings (SSSR count). The number of anilines is 1. The van der Waals surface area contributed by atoms with Gasteiger partial charge >= 0.3 is 0 Å². The summed E-state index contributed by atoms with van der Waals surface area (Å²) < 4.78 is 16.1. The highest BCUT2D eigenvalue weighted by Gasteiger charge is 2.15. The SMILES string of the molecule is COc1ccccc1C=CC(=O)Nc1nc(C)c(Cc2ccc3c(c2)OCO3)s1. The predicted molar refractivity (Wildman–Crippen MR) is 113 cm³/mol. The van der Waals surface area contributed by atoms with Gasteiger partial charge in [0.2, 0.25) is 12.7 Å². The molecule has 1 aliphatic rings. The summed E-state index contributed by atoms with van der Waals surface area (Å²) in [6.07, 6.45) is 3.92. The highest BCUT2D eigenvalue weighted by Crippen LogP contribution is 2.34. The van der Waals surface area contributed by atoms with Crippen LogP contribution in [0.3, 0.4) is 0 Å². The van der Waals surface area contributed by atoms with Crippen LogP contribution in [0.2, 0.25) is 0 Å². The molecule has 2 heterocycles. The Morgan fingerprint density at radius 1 is 1.24 bits per heavy atom. The molecule has 6 nitrogen and oxygen atoms in total. The number of aromatic nitrogens is 1. The van der Waals surface area contributed by atoms with E-state index in [9.17, 15) is 4.79 Å². The van der Waals surface area contributed by atoms with Crippen molar-refractivity contribution in [1.82, 2.24) is 4.98 Å². The van der Waals surface area contributed by atoms with Gasteiger partial charge in [0, 0.05) is 22.9 Å². The Balaban J connectivity index is 1.42. The third-order valence-electron chi connectivity index (χ3n) is 4.48. The van der Waals surface area contributed by atoms with Crippen LogP contribution in [0.5, 0.6) is 17.2 Å². The molecule has 0 saturated carbocycles. The maximum atomic E-state index is 12.3. The topological polar surface area (TPSA) is 69.7 Å². The molecule has 0 radical (unpaired) electrons. The van der Waals surface area contributed by atoms with Gasteiger partial charge in [0.05, 0.1) is 12.8 Å². The van der Waals surface area contributed by atoms with E-state index in [0.717, 1.165) is 33.2 Å². The molecule has 0 fully saturated rings. The van der Waals surface area contributed by atoms with E-state index >= 15 is 0 Å². The van der Waals surface area contributed by atoms with E-state index in [1.807, 2.05) is 49.4 Å². The molecule has 148 valence electrons. The molecule has 29 heavy (non-hydrogen) atoms. The van der Waals surface area contributed by atoms with Gasteiger partial charge in [0.1, 0.15) is 5.75 Å². The van der Waals surface area contributed by atoms with E-state index in [0.29, 0.717) is 17.3 Å². The lowest BCUT2D eigenvalue weighted by Crippen LogP contribution is -2.07. The second-order valence-corrected chi connectivity index (χ2v) is 7.54. The number of amides is 1. The molecule has 1 aliphatic heterocycles. The number of para-hydroxylation sites is 1. The van der Waals surface area contributed by atoms with Crippen molar-refractivity contribution in [3.63, 3.8) is 0 Å². The number of methoxy groups -OCH3 is 1. The second kappa shape index (κ2) is 8.36. The van der Waals surface area contributed by atoms with Gasteiger partial charge in [-0.1, -0.05) is 24.3 Å². The summed E-state index contributed by atoms with van der Waals surface area (Å²) in [5.41, 5.74) is 2.84. The summed E-state index contributed by atoms with van der Waals surface area (Å²) in [7, 11) is 1.60. The van der Waals surface area contributed by atoms with Crippen LogP contribution >= 0.6 is 11.3 Å². The van der Waals surface area contributed by atoms with Gasteiger partial charge in [-0.3, -0.25) is 10.1 Å².